The van der Waals surface area contributed by atoms with Gasteiger partial charge in [-0.2, -0.15) is 0 Å². The van der Waals surface area contributed by atoms with E-state index in [1.165, 1.54) is 0 Å². The van der Waals surface area contributed by atoms with E-state index in [0.717, 1.165) is 23.1 Å². The van der Waals surface area contributed by atoms with Gasteiger partial charge < -0.3 is 4.90 Å². The third-order valence-electron chi connectivity index (χ3n) is 2.32. The van der Waals surface area contributed by atoms with E-state index in [4.69, 9.17) is 11.6 Å². The van der Waals surface area contributed by atoms with Crippen LogP contribution in [0, 0.1) is 3.57 Å². The van der Waals surface area contributed by atoms with E-state index >= 15 is 0 Å². The molecule has 1 aromatic rings. The summed E-state index contributed by atoms with van der Waals surface area (Å²) in [5, 5.41) is 0.550. The molecule has 2 rings (SSSR count). The van der Waals surface area contributed by atoms with E-state index in [1.54, 1.807) is 6.07 Å². The van der Waals surface area contributed by atoms with Crippen molar-refractivity contribution in [3.8, 4) is 0 Å². The van der Waals surface area contributed by atoms with Crippen LogP contribution in [0.2, 0.25) is 5.02 Å². The van der Waals surface area contributed by atoms with Crippen molar-refractivity contribution in [3.63, 3.8) is 0 Å². The Morgan fingerprint density at radius 1 is 1.43 bits per heavy atom. The van der Waals surface area contributed by atoms with Gasteiger partial charge in [-0.25, -0.2) is 0 Å². The molecule has 0 N–H and O–H groups in total. The van der Waals surface area contributed by atoms with Crippen molar-refractivity contribution in [2.45, 2.75) is 6.42 Å². The number of rotatable bonds is 1. The second-order valence-electron chi connectivity index (χ2n) is 3.24. The fourth-order valence-electron chi connectivity index (χ4n) is 1.38. The van der Waals surface area contributed by atoms with Gasteiger partial charge in [-0.05, 0) is 41.1 Å². The molecule has 1 saturated heterocycles. The summed E-state index contributed by atoms with van der Waals surface area (Å²) >= 11 is 8.14. The van der Waals surface area contributed by atoms with E-state index in [2.05, 4.69) is 22.6 Å². The van der Waals surface area contributed by atoms with Crippen LogP contribution in [0.1, 0.15) is 16.8 Å². The van der Waals surface area contributed by atoms with Gasteiger partial charge in [0.25, 0.3) is 5.91 Å². The van der Waals surface area contributed by atoms with Gasteiger partial charge >= 0.3 is 0 Å². The van der Waals surface area contributed by atoms with Crippen LogP contribution in [0.5, 0.6) is 0 Å². The van der Waals surface area contributed by atoms with E-state index in [9.17, 15) is 4.79 Å². The fourth-order valence-corrected chi connectivity index (χ4v) is 2.52. The highest BCUT2D eigenvalue weighted by Crippen LogP contribution is 2.24. The van der Waals surface area contributed by atoms with Gasteiger partial charge in [0.15, 0.2) is 0 Å². The topological polar surface area (TPSA) is 20.3 Å². The van der Waals surface area contributed by atoms with Crippen LogP contribution in [0.3, 0.4) is 0 Å². The molecule has 0 unspecified atom stereocenters. The van der Waals surface area contributed by atoms with Crippen molar-refractivity contribution in [1.82, 2.24) is 4.90 Å². The Bertz CT molecular complexity index is 356. The first-order valence-electron chi connectivity index (χ1n) is 4.43. The Morgan fingerprint density at radius 3 is 2.64 bits per heavy atom. The number of benzene rings is 1. The normalized spacial score (nSPS) is 15.1. The van der Waals surface area contributed by atoms with Crippen molar-refractivity contribution in [1.29, 1.82) is 0 Å². The Labute approximate surface area is 101 Å². The average molecular weight is 322 g/mol. The minimum Gasteiger partial charge on any atom is -0.338 e. The van der Waals surface area contributed by atoms with Gasteiger partial charge in [-0.1, -0.05) is 17.7 Å². The Hall–Kier alpha value is -0.290. The first-order chi connectivity index (χ1) is 6.70. The maximum Gasteiger partial charge on any atom is 0.256 e. The lowest BCUT2D eigenvalue weighted by Crippen LogP contribution is -2.42. The molecule has 2 nitrogen and oxygen atoms in total. The van der Waals surface area contributed by atoms with Gasteiger partial charge in [0.2, 0.25) is 0 Å². The average Bonchev–Trinajstić information content (AvgIpc) is 2.00. The summed E-state index contributed by atoms with van der Waals surface area (Å²) in [6.07, 6.45) is 1.10. The molecule has 0 aliphatic carbocycles. The van der Waals surface area contributed by atoms with Crippen molar-refractivity contribution >= 4 is 40.1 Å². The Morgan fingerprint density at radius 2 is 2.14 bits per heavy atom. The predicted octanol–water partition coefficient (Wildman–Crippen LogP) is 2.79. The highest BCUT2D eigenvalue weighted by Gasteiger charge is 2.24. The summed E-state index contributed by atoms with van der Waals surface area (Å²) in [6.45, 7) is 1.72. The van der Waals surface area contributed by atoms with Gasteiger partial charge in [0.1, 0.15) is 0 Å². The second-order valence-corrected chi connectivity index (χ2v) is 4.81. The number of likely N-dealkylation sites (tertiary alicyclic amines) is 1. The van der Waals surface area contributed by atoms with Crippen molar-refractivity contribution in [3.05, 3.63) is 32.4 Å². The SMILES string of the molecule is O=C(c1c(Cl)cccc1I)N1CCC1. The van der Waals surface area contributed by atoms with Gasteiger partial charge in [-0.15, -0.1) is 0 Å². The number of carbonyl (C=O) groups is 1. The molecule has 1 amide bonds. The van der Waals surface area contributed by atoms with Crippen LogP contribution in [0.4, 0.5) is 0 Å². The molecule has 1 aliphatic rings. The summed E-state index contributed by atoms with van der Waals surface area (Å²) < 4.78 is 0.923. The van der Waals surface area contributed by atoms with Crippen LogP contribution in [0.15, 0.2) is 18.2 Å². The first-order valence-corrected chi connectivity index (χ1v) is 5.89. The summed E-state index contributed by atoms with van der Waals surface area (Å²) in [5.41, 5.74) is 0.648. The molecule has 0 radical (unpaired) electrons. The molecule has 1 aromatic carbocycles. The molecule has 1 fully saturated rings. The lowest BCUT2D eigenvalue weighted by atomic mass is 10.1. The van der Waals surface area contributed by atoms with Gasteiger partial charge in [0.05, 0.1) is 10.6 Å². The minimum atomic E-state index is 0.0613. The zero-order chi connectivity index (χ0) is 10.1. The van der Waals surface area contributed by atoms with E-state index < -0.39 is 0 Å². The lowest BCUT2D eigenvalue weighted by molar-refractivity contribution is 0.0651. The molecule has 0 atom stereocenters. The highest BCUT2D eigenvalue weighted by molar-refractivity contribution is 14.1. The quantitative estimate of drug-likeness (QED) is 0.728. The maximum absolute atomic E-state index is 11.9. The smallest absolute Gasteiger partial charge is 0.256 e. The number of amides is 1. The molecule has 74 valence electrons. The molecule has 4 heteroatoms. The summed E-state index contributed by atoms with van der Waals surface area (Å²) in [6, 6.07) is 5.52. The number of hydrogen-bond donors (Lipinski definition) is 0. The Kier molecular flexibility index (Phi) is 2.97. The highest BCUT2D eigenvalue weighted by atomic mass is 127. The molecule has 0 spiro atoms. The van der Waals surface area contributed by atoms with E-state index in [1.807, 2.05) is 17.0 Å². The summed E-state index contributed by atoms with van der Waals surface area (Å²) in [4.78, 5) is 13.7. The van der Waals surface area contributed by atoms with Crippen LogP contribution in [0.25, 0.3) is 0 Å². The minimum absolute atomic E-state index is 0.0613. The van der Waals surface area contributed by atoms with Crippen LogP contribution in [-0.4, -0.2) is 23.9 Å². The van der Waals surface area contributed by atoms with E-state index in [-0.39, 0.29) is 5.91 Å². The second kappa shape index (κ2) is 4.06. The van der Waals surface area contributed by atoms with Gasteiger partial charge in [-0.3, -0.25) is 4.79 Å². The zero-order valence-corrected chi connectivity index (χ0v) is 10.4. The molecule has 0 aromatic heterocycles. The first kappa shape index (κ1) is 10.2. The number of nitrogens with zero attached hydrogens (tertiary/aromatic N) is 1. The predicted molar refractivity (Wildman–Crippen MR) is 64.7 cm³/mol. The molecular formula is C10H9ClINO. The van der Waals surface area contributed by atoms with Crippen molar-refractivity contribution in [2.75, 3.05) is 13.1 Å². The summed E-state index contributed by atoms with van der Waals surface area (Å²) in [5.74, 6) is 0.0613. The fraction of sp³-hybridized carbons (Fsp3) is 0.300. The van der Waals surface area contributed by atoms with Gasteiger partial charge in [0, 0.05) is 16.7 Å². The van der Waals surface area contributed by atoms with Crippen LogP contribution < -0.4 is 0 Å². The van der Waals surface area contributed by atoms with Crippen molar-refractivity contribution in [2.24, 2.45) is 0 Å². The largest absolute Gasteiger partial charge is 0.338 e. The van der Waals surface area contributed by atoms with Crippen LogP contribution in [-0.2, 0) is 0 Å². The molecular weight excluding hydrogens is 312 g/mol. The number of halogens is 2. The molecule has 0 bridgehead atoms. The lowest BCUT2D eigenvalue weighted by Gasteiger charge is -2.31. The van der Waals surface area contributed by atoms with Crippen LogP contribution >= 0.6 is 34.2 Å². The standard InChI is InChI=1S/C10H9ClINO/c11-7-3-1-4-8(12)9(7)10(14)13-5-2-6-13/h1,3-4H,2,5-6H2. The summed E-state index contributed by atoms with van der Waals surface area (Å²) in [7, 11) is 0. The third kappa shape index (κ3) is 1.75. The third-order valence-corrected chi connectivity index (χ3v) is 3.53. The molecule has 14 heavy (non-hydrogen) atoms. The molecule has 0 saturated carbocycles. The maximum atomic E-state index is 11.9. The Balaban J connectivity index is 2.34. The molecule has 1 aliphatic heterocycles. The van der Waals surface area contributed by atoms with Crippen molar-refractivity contribution < 1.29 is 4.79 Å². The monoisotopic (exact) mass is 321 g/mol. The number of carbonyl (C=O) groups excluding carboxylic acids is 1. The zero-order valence-electron chi connectivity index (χ0n) is 7.46. The number of hydrogen-bond acceptors (Lipinski definition) is 1. The van der Waals surface area contributed by atoms with E-state index in [0.29, 0.717) is 10.6 Å². The molecule has 1 heterocycles.